The molecule has 0 aliphatic carbocycles. The van der Waals surface area contributed by atoms with Gasteiger partial charge in [-0.1, -0.05) is 0 Å². The number of carbonyl (C=O) groups is 1. The lowest BCUT2D eigenvalue weighted by Gasteiger charge is -2.20. The van der Waals surface area contributed by atoms with Crippen LogP contribution in [0.25, 0.3) is 0 Å². The minimum atomic E-state index is -4.93. The summed E-state index contributed by atoms with van der Waals surface area (Å²) >= 11 is 0. The van der Waals surface area contributed by atoms with Crippen LogP contribution in [0, 0.1) is 11.6 Å². The lowest BCUT2D eigenvalue weighted by atomic mass is 10.2. The first-order valence-corrected chi connectivity index (χ1v) is 4.60. The van der Waals surface area contributed by atoms with Gasteiger partial charge in [0.25, 0.3) is 0 Å². The molecule has 1 rings (SSSR count). The van der Waals surface area contributed by atoms with Gasteiger partial charge >= 0.3 is 12.1 Å². The van der Waals surface area contributed by atoms with E-state index in [4.69, 9.17) is 5.11 Å². The largest absolute Gasteiger partial charge is 0.481 e. The number of alkyl halides is 3. The third-order valence-corrected chi connectivity index (χ3v) is 1.89. The third-order valence-electron chi connectivity index (χ3n) is 1.89. The second kappa shape index (κ2) is 5.19. The van der Waals surface area contributed by atoms with Crippen LogP contribution in [-0.2, 0) is 4.79 Å². The molecule has 1 aromatic carbocycles. The van der Waals surface area contributed by atoms with Crippen molar-refractivity contribution >= 4 is 5.97 Å². The molecular formula is C10H7F5O3. The molecule has 8 heteroatoms. The van der Waals surface area contributed by atoms with Gasteiger partial charge in [0.05, 0.1) is 6.42 Å². The highest BCUT2D eigenvalue weighted by Gasteiger charge is 2.43. The average Bonchev–Trinajstić information content (AvgIpc) is 2.20. The van der Waals surface area contributed by atoms with Crippen LogP contribution in [0.15, 0.2) is 18.2 Å². The van der Waals surface area contributed by atoms with E-state index in [0.717, 1.165) is 6.07 Å². The Hall–Kier alpha value is -1.86. The molecule has 0 aliphatic rings. The zero-order valence-electron chi connectivity index (χ0n) is 8.67. The van der Waals surface area contributed by atoms with E-state index in [0.29, 0.717) is 12.1 Å². The maximum Gasteiger partial charge on any atom is 0.425 e. The van der Waals surface area contributed by atoms with Crippen LogP contribution in [0.2, 0.25) is 0 Å². The van der Waals surface area contributed by atoms with E-state index >= 15 is 0 Å². The van der Waals surface area contributed by atoms with Crippen LogP contribution in [0.5, 0.6) is 5.75 Å². The van der Waals surface area contributed by atoms with Gasteiger partial charge < -0.3 is 9.84 Å². The first kappa shape index (κ1) is 14.2. The van der Waals surface area contributed by atoms with Crippen LogP contribution in [0.1, 0.15) is 6.42 Å². The van der Waals surface area contributed by atoms with E-state index < -0.39 is 42.1 Å². The molecule has 0 saturated heterocycles. The summed E-state index contributed by atoms with van der Waals surface area (Å²) in [5.74, 6) is -4.95. The second-order valence-corrected chi connectivity index (χ2v) is 3.32. The van der Waals surface area contributed by atoms with Gasteiger partial charge in [0.15, 0.2) is 11.6 Å². The molecule has 1 aromatic rings. The normalized spacial score (nSPS) is 13.2. The van der Waals surface area contributed by atoms with Crippen LogP contribution in [0.4, 0.5) is 22.0 Å². The lowest BCUT2D eigenvalue weighted by Crippen LogP contribution is -2.36. The predicted octanol–water partition coefficient (Wildman–Crippen LogP) is 2.75. The Morgan fingerprint density at radius 1 is 1.28 bits per heavy atom. The fraction of sp³-hybridized carbons (Fsp3) is 0.300. The fourth-order valence-corrected chi connectivity index (χ4v) is 1.10. The van der Waals surface area contributed by atoms with Gasteiger partial charge in [-0.2, -0.15) is 13.2 Å². The summed E-state index contributed by atoms with van der Waals surface area (Å²) in [5, 5.41) is 8.31. The van der Waals surface area contributed by atoms with Crippen molar-refractivity contribution in [3.8, 4) is 5.75 Å². The van der Waals surface area contributed by atoms with Crippen LogP contribution >= 0.6 is 0 Å². The SMILES string of the molecule is O=C(O)CC(Oc1ccc(F)c(F)c1)C(F)(F)F. The Bertz CT molecular complexity index is 444. The molecule has 0 fully saturated rings. The average molecular weight is 270 g/mol. The highest BCUT2D eigenvalue weighted by Crippen LogP contribution is 2.28. The predicted molar refractivity (Wildman–Crippen MR) is 49.1 cm³/mol. The molecule has 3 nitrogen and oxygen atoms in total. The summed E-state index contributed by atoms with van der Waals surface area (Å²) in [7, 11) is 0. The van der Waals surface area contributed by atoms with Crippen molar-refractivity contribution in [2.75, 3.05) is 0 Å². The van der Waals surface area contributed by atoms with Gasteiger partial charge in [0.1, 0.15) is 5.75 Å². The zero-order valence-corrected chi connectivity index (χ0v) is 8.67. The summed E-state index contributed by atoms with van der Waals surface area (Å²) in [6, 6.07) is 1.77. The monoisotopic (exact) mass is 270 g/mol. The van der Waals surface area contributed by atoms with Gasteiger partial charge in [-0.25, -0.2) is 8.78 Å². The Balaban J connectivity index is 2.89. The molecule has 0 aliphatic heterocycles. The Kier molecular flexibility index (Phi) is 4.10. The summed E-state index contributed by atoms with van der Waals surface area (Å²) < 4.78 is 66.8. The molecule has 0 bridgehead atoms. The number of hydrogen-bond donors (Lipinski definition) is 1. The molecule has 100 valence electrons. The van der Waals surface area contributed by atoms with Crippen molar-refractivity contribution in [1.82, 2.24) is 0 Å². The van der Waals surface area contributed by atoms with Gasteiger partial charge in [-0.3, -0.25) is 4.79 Å². The smallest absolute Gasteiger partial charge is 0.425 e. The molecule has 1 unspecified atom stereocenters. The van der Waals surface area contributed by atoms with Crippen LogP contribution in [0.3, 0.4) is 0 Å². The van der Waals surface area contributed by atoms with Crippen LogP contribution < -0.4 is 4.74 Å². The number of halogens is 5. The fourth-order valence-electron chi connectivity index (χ4n) is 1.10. The standard InChI is InChI=1S/C10H7F5O3/c11-6-2-1-5(3-7(6)12)18-8(4-9(16)17)10(13,14)15/h1-3,8H,4H2,(H,16,17). The van der Waals surface area contributed by atoms with Crippen molar-refractivity contribution in [2.24, 2.45) is 0 Å². The van der Waals surface area contributed by atoms with Gasteiger partial charge in [-0.05, 0) is 12.1 Å². The molecule has 18 heavy (non-hydrogen) atoms. The van der Waals surface area contributed by atoms with Crippen molar-refractivity contribution in [3.63, 3.8) is 0 Å². The van der Waals surface area contributed by atoms with Gasteiger partial charge in [-0.15, -0.1) is 0 Å². The molecule has 0 spiro atoms. The first-order chi connectivity index (χ1) is 8.20. The van der Waals surface area contributed by atoms with Gasteiger partial charge in [0, 0.05) is 6.07 Å². The summed E-state index contributed by atoms with van der Waals surface area (Å²) in [6.07, 6.45) is -8.88. The third kappa shape index (κ3) is 3.86. The molecule has 0 saturated carbocycles. The summed E-state index contributed by atoms with van der Waals surface area (Å²) in [4.78, 5) is 10.3. The minimum absolute atomic E-state index is 0.413. The Morgan fingerprint density at radius 2 is 1.89 bits per heavy atom. The van der Waals surface area contributed by atoms with Crippen LogP contribution in [-0.4, -0.2) is 23.4 Å². The van der Waals surface area contributed by atoms with E-state index in [1.165, 1.54) is 0 Å². The highest BCUT2D eigenvalue weighted by molar-refractivity contribution is 5.67. The van der Waals surface area contributed by atoms with E-state index in [1.807, 2.05) is 0 Å². The zero-order chi connectivity index (χ0) is 13.9. The number of benzene rings is 1. The number of ether oxygens (including phenoxy) is 1. The molecule has 0 radical (unpaired) electrons. The van der Waals surface area contributed by atoms with Crippen molar-refractivity contribution in [2.45, 2.75) is 18.7 Å². The maximum atomic E-state index is 12.7. The number of hydrogen-bond acceptors (Lipinski definition) is 2. The molecule has 0 heterocycles. The molecule has 1 atom stereocenters. The Labute approximate surface area is 97.8 Å². The maximum absolute atomic E-state index is 12.7. The molecule has 0 amide bonds. The number of rotatable bonds is 4. The summed E-state index contributed by atoms with van der Waals surface area (Å²) in [6.45, 7) is 0. The van der Waals surface area contributed by atoms with Crippen molar-refractivity contribution in [1.29, 1.82) is 0 Å². The number of carboxylic acids is 1. The molecule has 1 N–H and O–H groups in total. The second-order valence-electron chi connectivity index (χ2n) is 3.32. The topological polar surface area (TPSA) is 46.5 Å². The number of carboxylic acid groups (broad SMARTS) is 1. The highest BCUT2D eigenvalue weighted by atomic mass is 19.4. The van der Waals surface area contributed by atoms with Crippen molar-refractivity contribution in [3.05, 3.63) is 29.8 Å². The first-order valence-electron chi connectivity index (χ1n) is 4.60. The van der Waals surface area contributed by atoms with E-state index in [1.54, 1.807) is 0 Å². The molecule has 0 aromatic heterocycles. The van der Waals surface area contributed by atoms with Crippen molar-refractivity contribution < 1.29 is 36.6 Å². The van der Waals surface area contributed by atoms with E-state index in [2.05, 4.69) is 4.74 Å². The van der Waals surface area contributed by atoms with E-state index in [9.17, 15) is 26.7 Å². The summed E-state index contributed by atoms with van der Waals surface area (Å²) in [5.41, 5.74) is 0. The Morgan fingerprint density at radius 3 is 2.33 bits per heavy atom. The van der Waals surface area contributed by atoms with E-state index in [-0.39, 0.29) is 0 Å². The quantitative estimate of drug-likeness (QED) is 0.856. The van der Waals surface area contributed by atoms with Gasteiger partial charge in [0.2, 0.25) is 6.10 Å². The minimum Gasteiger partial charge on any atom is -0.481 e. The number of aliphatic carboxylic acids is 1. The lowest BCUT2D eigenvalue weighted by molar-refractivity contribution is -0.200. The molecular weight excluding hydrogens is 263 g/mol.